The monoisotopic (exact) mass is 334 g/mol. The van der Waals surface area contributed by atoms with Gasteiger partial charge in [-0.2, -0.15) is 0 Å². The zero-order valence-electron chi connectivity index (χ0n) is 15.1. The fourth-order valence-corrected chi connectivity index (χ4v) is 3.97. The van der Waals surface area contributed by atoms with Crippen LogP contribution in [0.15, 0.2) is 48.5 Å². The van der Waals surface area contributed by atoms with Crippen LogP contribution < -0.4 is 5.32 Å². The van der Waals surface area contributed by atoms with Gasteiger partial charge < -0.3 is 9.88 Å². The van der Waals surface area contributed by atoms with E-state index in [1.807, 2.05) is 0 Å². The van der Waals surface area contributed by atoms with Crippen molar-refractivity contribution in [2.24, 2.45) is 0 Å². The molecule has 1 fully saturated rings. The summed E-state index contributed by atoms with van der Waals surface area (Å²) in [5.74, 6) is 1.17. The SMILES string of the molecule is CCn1c(C(c2ccccc2C)N2CCNCC2)nc2ccccc21. The van der Waals surface area contributed by atoms with Crippen molar-refractivity contribution in [3.05, 3.63) is 65.5 Å². The first-order chi connectivity index (χ1) is 12.3. The summed E-state index contributed by atoms with van der Waals surface area (Å²) in [5.41, 5.74) is 5.02. The van der Waals surface area contributed by atoms with E-state index in [9.17, 15) is 0 Å². The Labute approximate surface area is 149 Å². The van der Waals surface area contributed by atoms with Gasteiger partial charge in [0.05, 0.1) is 17.1 Å². The first-order valence-corrected chi connectivity index (χ1v) is 9.25. The van der Waals surface area contributed by atoms with Crippen LogP contribution in [0.25, 0.3) is 11.0 Å². The highest BCUT2D eigenvalue weighted by molar-refractivity contribution is 5.76. The molecule has 0 amide bonds. The minimum atomic E-state index is 0.204. The van der Waals surface area contributed by atoms with Gasteiger partial charge in [0.2, 0.25) is 0 Å². The largest absolute Gasteiger partial charge is 0.327 e. The first-order valence-electron chi connectivity index (χ1n) is 9.25. The molecule has 1 N–H and O–H groups in total. The maximum Gasteiger partial charge on any atom is 0.131 e. The van der Waals surface area contributed by atoms with Gasteiger partial charge in [-0.1, -0.05) is 36.4 Å². The summed E-state index contributed by atoms with van der Waals surface area (Å²) in [6.45, 7) is 9.53. The number of nitrogens with zero attached hydrogens (tertiary/aromatic N) is 3. The number of nitrogens with one attached hydrogen (secondary N) is 1. The van der Waals surface area contributed by atoms with Crippen molar-refractivity contribution in [3.8, 4) is 0 Å². The topological polar surface area (TPSA) is 33.1 Å². The van der Waals surface area contributed by atoms with Crippen molar-refractivity contribution in [1.82, 2.24) is 19.8 Å². The lowest BCUT2D eigenvalue weighted by Crippen LogP contribution is -2.46. The number of aryl methyl sites for hydroxylation is 2. The highest BCUT2D eigenvalue weighted by Crippen LogP contribution is 2.32. The Morgan fingerprint density at radius 2 is 1.76 bits per heavy atom. The number of para-hydroxylation sites is 2. The highest BCUT2D eigenvalue weighted by Gasteiger charge is 2.29. The van der Waals surface area contributed by atoms with E-state index in [2.05, 4.69) is 77.2 Å². The number of rotatable bonds is 4. The average Bonchev–Trinajstić information content (AvgIpc) is 3.02. The zero-order valence-corrected chi connectivity index (χ0v) is 15.1. The summed E-state index contributed by atoms with van der Waals surface area (Å²) in [6.07, 6.45) is 0. The van der Waals surface area contributed by atoms with E-state index in [0.29, 0.717) is 0 Å². The van der Waals surface area contributed by atoms with E-state index in [4.69, 9.17) is 4.98 Å². The summed E-state index contributed by atoms with van der Waals surface area (Å²) < 4.78 is 2.38. The summed E-state index contributed by atoms with van der Waals surface area (Å²) in [7, 11) is 0. The molecule has 0 spiro atoms. The normalized spacial score (nSPS) is 17.0. The molecular formula is C21H26N4. The van der Waals surface area contributed by atoms with Gasteiger partial charge in [0, 0.05) is 32.7 Å². The van der Waals surface area contributed by atoms with Crippen LogP contribution in [-0.2, 0) is 6.54 Å². The fraction of sp³-hybridized carbons (Fsp3) is 0.381. The maximum atomic E-state index is 5.08. The molecule has 4 nitrogen and oxygen atoms in total. The van der Waals surface area contributed by atoms with E-state index in [1.165, 1.54) is 22.5 Å². The van der Waals surface area contributed by atoms with E-state index >= 15 is 0 Å². The quantitative estimate of drug-likeness (QED) is 0.794. The van der Waals surface area contributed by atoms with Crippen molar-refractivity contribution in [1.29, 1.82) is 0 Å². The van der Waals surface area contributed by atoms with E-state index in [0.717, 1.165) is 38.2 Å². The molecule has 25 heavy (non-hydrogen) atoms. The summed E-state index contributed by atoms with van der Waals surface area (Å²) in [6, 6.07) is 17.4. The predicted octanol–water partition coefficient (Wildman–Crippen LogP) is 3.36. The molecule has 1 aromatic heterocycles. The number of imidazole rings is 1. The van der Waals surface area contributed by atoms with Crippen LogP contribution in [0.4, 0.5) is 0 Å². The van der Waals surface area contributed by atoms with E-state index in [-0.39, 0.29) is 6.04 Å². The molecule has 130 valence electrons. The van der Waals surface area contributed by atoms with Gasteiger partial charge >= 0.3 is 0 Å². The molecule has 0 radical (unpaired) electrons. The number of aromatic nitrogens is 2. The summed E-state index contributed by atoms with van der Waals surface area (Å²) in [4.78, 5) is 7.65. The van der Waals surface area contributed by atoms with Crippen molar-refractivity contribution >= 4 is 11.0 Å². The maximum absolute atomic E-state index is 5.08. The minimum absolute atomic E-state index is 0.204. The van der Waals surface area contributed by atoms with Gasteiger partial charge in [0.1, 0.15) is 5.82 Å². The third-order valence-electron chi connectivity index (χ3n) is 5.24. The van der Waals surface area contributed by atoms with E-state index in [1.54, 1.807) is 0 Å². The number of hydrogen-bond donors (Lipinski definition) is 1. The van der Waals surface area contributed by atoms with Crippen LogP contribution in [0.1, 0.15) is 29.9 Å². The standard InChI is InChI=1S/C21H26N4/c1-3-25-19-11-7-6-10-18(19)23-21(25)20(24-14-12-22-13-15-24)17-9-5-4-8-16(17)2/h4-11,20,22H,3,12-15H2,1-2H3. The molecule has 3 aromatic rings. The van der Waals surface area contributed by atoms with Crippen LogP contribution in [0, 0.1) is 6.92 Å². The zero-order chi connectivity index (χ0) is 17.2. The Morgan fingerprint density at radius 1 is 1.04 bits per heavy atom. The van der Waals surface area contributed by atoms with Crippen molar-refractivity contribution in [3.63, 3.8) is 0 Å². The molecule has 0 aliphatic carbocycles. The highest BCUT2D eigenvalue weighted by atomic mass is 15.2. The smallest absolute Gasteiger partial charge is 0.131 e. The van der Waals surface area contributed by atoms with Crippen molar-refractivity contribution in [2.45, 2.75) is 26.4 Å². The molecule has 0 bridgehead atoms. The van der Waals surface area contributed by atoms with Crippen LogP contribution in [0.2, 0.25) is 0 Å². The van der Waals surface area contributed by atoms with Crippen molar-refractivity contribution in [2.75, 3.05) is 26.2 Å². The lowest BCUT2D eigenvalue weighted by Gasteiger charge is -2.35. The molecule has 2 heterocycles. The third kappa shape index (κ3) is 2.96. The molecule has 0 saturated carbocycles. The Balaban J connectivity index is 1.90. The Morgan fingerprint density at radius 3 is 2.52 bits per heavy atom. The summed E-state index contributed by atoms with van der Waals surface area (Å²) >= 11 is 0. The molecule has 2 aromatic carbocycles. The second-order valence-electron chi connectivity index (χ2n) is 6.75. The van der Waals surface area contributed by atoms with Crippen LogP contribution >= 0.6 is 0 Å². The molecule has 4 heteroatoms. The van der Waals surface area contributed by atoms with Gasteiger partial charge in [0.25, 0.3) is 0 Å². The molecule has 1 aliphatic heterocycles. The third-order valence-corrected chi connectivity index (χ3v) is 5.24. The molecular weight excluding hydrogens is 308 g/mol. The lowest BCUT2D eigenvalue weighted by atomic mass is 9.98. The molecule has 4 rings (SSSR count). The van der Waals surface area contributed by atoms with Crippen LogP contribution in [0.5, 0.6) is 0 Å². The Bertz CT molecular complexity index is 861. The molecule has 1 unspecified atom stereocenters. The minimum Gasteiger partial charge on any atom is -0.327 e. The molecule has 1 aliphatic rings. The van der Waals surface area contributed by atoms with Gasteiger partial charge in [-0.25, -0.2) is 4.98 Å². The van der Waals surface area contributed by atoms with Gasteiger partial charge in [0.15, 0.2) is 0 Å². The lowest BCUT2D eigenvalue weighted by molar-refractivity contribution is 0.189. The van der Waals surface area contributed by atoms with Crippen molar-refractivity contribution < 1.29 is 0 Å². The Kier molecular flexibility index (Phi) is 4.55. The first kappa shape index (κ1) is 16.3. The predicted molar refractivity (Wildman–Crippen MR) is 103 cm³/mol. The average molecular weight is 334 g/mol. The Hall–Kier alpha value is -2.17. The molecule has 1 saturated heterocycles. The van der Waals surface area contributed by atoms with Gasteiger partial charge in [-0.05, 0) is 37.1 Å². The van der Waals surface area contributed by atoms with Gasteiger partial charge in [-0.15, -0.1) is 0 Å². The number of piperazine rings is 1. The number of benzene rings is 2. The van der Waals surface area contributed by atoms with Crippen LogP contribution in [0.3, 0.4) is 0 Å². The number of fused-ring (bicyclic) bond motifs is 1. The van der Waals surface area contributed by atoms with E-state index < -0.39 is 0 Å². The summed E-state index contributed by atoms with van der Waals surface area (Å²) in [5, 5.41) is 3.47. The van der Waals surface area contributed by atoms with Gasteiger partial charge in [-0.3, -0.25) is 4.90 Å². The fourth-order valence-electron chi connectivity index (χ4n) is 3.97. The second-order valence-corrected chi connectivity index (χ2v) is 6.75. The second kappa shape index (κ2) is 6.98. The van der Waals surface area contributed by atoms with Crippen LogP contribution in [-0.4, -0.2) is 40.6 Å². The number of hydrogen-bond acceptors (Lipinski definition) is 3. The molecule has 1 atom stereocenters.